The zero-order valence-electron chi connectivity index (χ0n) is 22.5. The van der Waals surface area contributed by atoms with Gasteiger partial charge in [-0.15, -0.1) is 0 Å². The summed E-state index contributed by atoms with van der Waals surface area (Å²) in [6.45, 7) is 3.28. The van der Waals surface area contributed by atoms with Gasteiger partial charge in [-0.1, -0.05) is 91.0 Å². The van der Waals surface area contributed by atoms with E-state index in [0.717, 1.165) is 30.5 Å². The van der Waals surface area contributed by atoms with E-state index in [1.54, 1.807) is 0 Å². The second-order valence-electron chi connectivity index (χ2n) is 9.38. The lowest BCUT2D eigenvalue weighted by atomic mass is 9.80. The van der Waals surface area contributed by atoms with Crippen molar-refractivity contribution in [3.8, 4) is 0 Å². The van der Waals surface area contributed by atoms with E-state index in [0.29, 0.717) is 0 Å². The van der Waals surface area contributed by atoms with Crippen LogP contribution < -0.4 is 0 Å². The Hall–Kier alpha value is -4.05. The first-order valence-electron chi connectivity index (χ1n) is 12.9. The molecule has 0 spiro atoms. The summed E-state index contributed by atoms with van der Waals surface area (Å²) in [7, 11) is 0. The van der Waals surface area contributed by atoms with Crippen LogP contribution in [0.2, 0.25) is 0 Å². The van der Waals surface area contributed by atoms with Crippen molar-refractivity contribution in [1.82, 2.24) is 0 Å². The summed E-state index contributed by atoms with van der Waals surface area (Å²) in [5.41, 5.74) is 1.33. The van der Waals surface area contributed by atoms with E-state index < -0.39 is 54.2 Å². The van der Waals surface area contributed by atoms with Crippen molar-refractivity contribution >= 4 is 17.9 Å². The quantitative estimate of drug-likeness (QED) is 0.244. The number of esters is 3. The first kappa shape index (κ1) is 28.9. The highest BCUT2D eigenvalue weighted by Gasteiger charge is 2.52. The maximum atomic E-state index is 12.1. The molecule has 0 aromatic heterocycles. The molecule has 0 amide bonds. The van der Waals surface area contributed by atoms with Gasteiger partial charge < -0.3 is 28.8 Å². The van der Waals surface area contributed by atoms with Crippen molar-refractivity contribution in [2.24, 2.45) is 0 Å². The Morgan fingerprint density at radius 2 is 1.02 bits per heavy atom. The van der Waals surface area contributed by atoms with Gasteiger partial charge in [-0.2, -0.15) is 0 Å². The molecule has 0 saturated carbocycles. The molecule has 4 rings (SSSR count). The molecule has 0 bridgehead atoms. The molecule has 0 radical (unpaired) electrons. The average Bonchev–Trinajstić information content (AvgIpc) is 2.94. The maximum Gasteiger partial charge on any atom is 0.303 e. The molecule has 0 aliphatic carbocycles. The Labute approximate surface area is 232 Å². The van der Waals surface area contributed by atoms with Crippen molar-refractivity contribution in [3.05, 3.63) is 108 Å². The molecule has 3 aromatic rings. The lowest BCUT2D eigenvalue weighted by Crippen LogP contribution is -2.62. The van der Waals surface area contributed by atoms with Crippen LogP contribution >= 0.6 is 0 Å². The zero-order chi connectivity index (χ0) is 28.7. The molecule has 1 fully saturated rings. The molecule has 3 aromatic carbocycles. The van der Waals surface area contributed by atoms with Crippen molar-refractivity contribution in [1.29, 1.82) is 0 Å². The highest BCUT2D eigenvalue weighted by Crippen LogP contribution is 2.41. The number of benzene rings is 3. The summed E-state index contributed by atoms with van der Waals surface area (Å²) in [6, 6.07) is 28.8. The third-order valence-electron chi connectivity index (χ3n) is 6.52. The molecule has 1 aliphatic heterocycles. The van der Waals surface area contributed by atoms with Crippen molar-refractivity contribution in [3.63, 3.8) is 0 Å². The summed E-state index contributed by atoms with van der Waals surface area (Å²) in [6.07, 6.45) is -6.82. The van der Waals surface area contributed by atoms with Crippen LogP contribution in [0, 0.1) is 0 Å². The summed E-state index contributed by atoms with van der Waals surface area (Å²) in [5.74, 6) is -2.15. The topological polar surface area (TPSA) is 118 Å². The van der Waals surface area contributed by atoms with Gasteiger partial charge in [-0.3, -0.25) is 14.4 Å². The zero-order valence-corrected chi connectivity index (χ0v) is 22.5. The molecule has 210 valence electrons. The van der Waals surface area contributed by atoms with E-state index in [-0.39, 0.29) is 6.61 Å². The monoisotopic (exact) mass is 548 g/mol. The largest absolute Gasteiger partial charge is 0.456 e. The van der Waals surface area contributed by atoms with Crippen LogP contribution in [0.25, 0.3) is 0 Å². The van der Waals surface area contributed by atoms with Crippen LogP contribution in [0.5, 0.6) is 0 Å². The average molecular weight is 549 g/mol. The second kappa shape index (κ2) is 12.9. The lowest BCUT2D eigenvalue weighted by Gasteiger charge is -2.44. The fourth-order valence-electron chi connectivity index (χ4n) is 4.98. The molecular weight excluding hydrogens is 516 g/mol. The molecule has 9 heteroatoms. The van der Waals surface area contributed by atoms with Crippen molar-refractivity contribution in [2.45, 2.75) is 57.1 Å². The highest BCUT2D eigenvalue weighted by molar-refractivity contribution is 5.68. The summed E-state index contributed by atoms with van der Waals surface area (Å²) >= 11 is 0. The number of aliphatic hydroxyl groups excluding tert-OH is 1. The number of carbonyl (C=O) groups excluding carboxylic acids is 3. The smallest absolute Gasteiger partial charge is 0.303 e. The number of carbonyl (C=O) groups is 3. The first-order chi connectivity index (χ1) is 19.2. The van der Waals surface area contributed by atoms with E-state index in [9.17, 15) is 19.5 Å². The third kappa shape index (κ3) is 6.39. The van der Waals surface area contributed by atoms with Gasteiger partial charge in [0.15, 0.2) is 24.6 Å². The number of rotatable bonds is 9. The van der Waals surface area contributed by atoms with E-state index in [2.05, 4.69) is 0 Å². The van der Waals surface area contributed by atoms with Crippen LogP contribution in [0.4, 0.5) is 0 Å². The van der Waals surface area contributed by atoms with Crippen LogP contribution in [-0.4, -0.2) is 60.3 Å². The van der Waals surface area contributed by atoms with Crippen LogP contribution in [0.3, 0.4) is 0 Å². The second-order valence-corrected chi connectivity index (χ2v) is 9.38. The Morgan fingerprint density at radius 1 is 0.650 bits per heavy atom. The molecule has 9 nitrogen and oxygen atoms in total. The fraction of sp³-hybridized carbons (Fsp3) is 0.323. The molecule has 5 atom stereocenters. The van der Waals surface area contributed by atoms with Gasteiger partial charge in [0, 0.05) is 20.8 Å². The Morgan fingerprint density at radius 3 is 1.43 bits per heavy atom. The predicted octanol–water partition coefficient (Wildman–Crippen LogP) is 3.51. The van der Waals surface area contributed by atoms with E-state index in [1.807, 2.05) is 91.0 Å². The fourth-order valence-corrected chi connectivity index (χ4v) is 4.98. The molecular formula is C31H32O9. The minimum Gasteiger partial charge on any atom is -0.456 e. The van der Waals surface area contributed by atoms with Crippen LogP contribution in [0.15, 0.2) is 91.0 Å². The molecule has 1 aliphatic rings. The van der Waals surface area contributed by atoms with Crippen LogP contribution in [-0.2, 0) is 43.7 Å². The van der Waals surface area contributed by atoms with E-state index >= 15 is 0 Å². The number of ether oxygens (including phenoxy) is 5. The normalized spacial score (nSPS) is 22.6. The van der Waals surface area contributed by atoms with Gasteiger partial charge in [0.2, 0.25) is 0 Å². The van der Waals surface area contributed by atoms with Crippen molar-refractivity contribution < 1.29 is 43.2 Å². The highest BCUT2D eigenvalue weighted by atomic mass is 16.7. The SMILES string of the molecule is CC(=O)O[C@H]1[C@H](OC(C)=O)[C@H](O)O[C@H](COC(c2ccccc2)(c2ccccc2)c2ccccc2)[C@H]1OC(C)=O. The Bertz CT molecular complexity index is 1180. The minimum absolute atomic E-state index is 0.210. The van der Waals surface area contributed by atoms with E-state index in [1.165, 1.54) is 6.92 Å². The van der Waals surface area contributed by atoms with Gasteiger partial charge in [0.1, 0.15) is 11.7 Å². The molecule has 0 unspecified atom stereocenters. The van der Waals surface area contributed by atoms with E-state index in [4.69, 9.17) is 23.7 Å². The summed E-state index contributed by atoms with van der Waals surface area (Å²) < 4.78 is 28.8. The Balaban J connectivity index is 1.79. The number of aliphatic hydroxyl groups is 1. The van der Waals surface area contributed by atoms with Gasteiger partial charge >= 0.3 is 17.9 Å². The molecule has 1 N–H and O–H groups in total. The standard InChI is InChI=1S/C31H32O9/c1-20(32)37-27-26(40-30(35)29(39-22(3)34)28(27)38-21(2)33)19-36-31(23-13-7-4-8-14-23,24-15-9-5-10-16-24)25-17-11-6-12-18-25/h4-18,26-30,35H,19H2,1-3H3/t26-,27-,28-,29+,30-/m1/s1. The summed E-state index contributed by atoms with van der Waals surface area (Å²) in [5, 5.41) is 10.8. The summed E-state index contributed by atoms with van der Waals surface area (Å²) in [4.78, 5) is 35.9. The molecule has 40 heavy (non-hydrogen) atoms. The van der Waals surface area contributed by atoms with Gasteiger partial charge in [-0.25, -0.2) is 0 Å². The van der Waals surface area contributed by atoms with Crippen LogP contribution in [0.1, 0.15) is 37.5 Å². The maximum absolute atomic E-state index is 12.1. The third-order valence-corrected chi connectivity index (χ3v) is 6.52. The molecule has 1 heterocycles. The lowest BCUT2D eigenvalue weighted by molar-refractivity contribution is -0.299. The van der Waals surface area contributed by atoms with Gasteiger partial charge in [-0.05, 0) is 16.7 Å². The number of hydrogen-bond acceptors (Lipinski definition) is 9. The number of hydrogen-bond donors (Lipinski definition) is 1. The first-order valence-corrected chi connectivity index (χ1v) is 12.9. The van der Waals surface area contributed by atoms with Crippen molar-refractivity contribution in [2.75, 3.05) is 6.61 Å². The van der Waals surface area contributed by atoms with Gasteiger partial charge in [0.25, 0.3) is 0 Å². The van der Waals surface area contributed by atoms with Gasteiger partial charge in [0.05, 0.1) is 6.61 Å². The predicted molar refractivity (Wildman–Crippen MR) is 143 cm³/mol. The minimum atomic E-state index is -1.69. The Kier molecular flexibility index (Phi) is 9.31. The molecule has 1 saturated heterocycles.